The second-order valence-corrected chi connectivity index (χ2v) is 8.76. The summed E-state index contributed by atoms with van der Waals surface area (Å²) in [5.41, 5.74) is 5.51. The van der Waals surface area contributed by atoms with Crippen molar-refractivity contribution in [2.75, 3.05) is 13.3 Å². The molecule has 0 saturated carbocycles. The van der Waals surface area contributed by atoms with Crippen LogP contribution in [0.4, 0.5) is 4.39 Å². The standard InChI is InChI=1S/C21H18FN5O4S/c1-27-19(28)21(26-20(27)23,14-4-3-5-16(8-14)31-32(2,29)30)15-6-7-18(22)17(9-15)13-10-24-12-25-11-13/h3-12H,1-2H3,(H2,23,26). The van der Waals surface area contributed by atoms with E-state index in [2.05, 4.69) is 15.0 Å². The van der Waals surface area contributed by atoms with Crippen LogP contribution < -0.4 is 9.92 Å². The summed E-state index contributed by atoms with van der Waals surface area (Å²) in [6.07, 6.45) is 5.13. The number of rotatable bonds is 5. The first-order valence-electron chi connectivity index (χ1n) is 9.31. The van der Waals surface area contributed by atoms with Crippen molar-refractivity contribution >= 4 is 22.0 Å². The highest BCUT2D eigenvalue weighted by Crippen LogP contribution is 2.42. The molecule has 1 aromatic heterocycles. The topological polar surface area (TPSA) is 128 Å². The van der Waals surface area contributed by atoms with Crippen molar-refractivity contribution in [3.8, 4) is 16.9 Å². The van der Waals surface area contributed by atoms with Crippen molar-refractivity contribution in [1.29, 1.82) is 0 Å². The molecule has 2 heterocycles. The van der Waals surface area contributed by atoms with E-state index in [1.54, 1.807) is 6.07 Å². The lowest BCUT2D eigenvalue weighted by Gasteiger charge is -2.27. The number of nitrogens with zero attached hydrogens (tertiary/aromatic N) is 4. The molecule has 0 saturated heterocycles. The van der Waals surface area contributed by atoms with Crippen LogP contribution in [0.1, 0.15) is 11.1 Å². The summed E-state index contributed by atoms with van der Waals surface area (Å²) in [5, 5.41) is 0. The Bertz CT molecular complexity index is 1350. The molecule has 1 amide bonds. The third-order valence-electron chi connectivity index (χ3n) is 5.00. The summed E-state index contributed by atoms with van der Waals surface area (Å²) in [6, 6.07) is 10.1. The molecule has 3 aromatic rings. The molecule has 164 valence electrons. The van der Waals surface area contributed by atoms with Gasteiger partial charge in [-0.05, 0) is 35.4 Å². The van der Waals surface area contributed by atoms with Crippen LogP contribution >= 0.6 is 0 Å². The van der Waals surface area contributed by atoms with E-state index in [1.165, 1.54) is 67.1 Å². The molecule has 1 aliphatic rings. The van der Waals surface area contributed by atoms with Crippen LogP contribution in [0.3, 0.4) is 0 Å². The fourth-order valence-corrected chi connectivity index (χ4v) is 3.99. The predicted molar refractivity (Wildman–Crippen MR) is 115 cm³/mol. The summed E-state index contributed by atoms with van der Waals surface area (Å²) < 4.78 is 42.8. The molecular weight excluding hydrogens is 437 g/mol. The molecule has 1 aliphatic heterocycles. The number of likely N-dealkylation sites (N-methyl/N-ethyl adjacent to an activating group) is 1. The van der Waals surface area contributed by atoms with Crippen molar-refractivity contribution in [2.24, 2.45) is 10.7 Å². The summed E-state index contributed by atoms with van der Waals surface area (Å²) in [7, 11) is -2.34. The molecule has 0 spiro atoms. The molecule has 1 atom stereocenters. The van der Waals surface area contributed by atoms with Crippen LogP contribution in [0, 0.1) is 5.82 Å². The van der Waals surface area contributed by atoms with Gasteiger partial charge in [-0.3, -0.25) is 9.69 Å². The summed E-state index contributed by atoms with van der Waals surface area (Å²) >= 11 is 0. The number of aromatic nitrogens is 2. The molecule has 0 aliphatic carbocycles. The molecule has 0 fully saturated rings. The van der Waals surface area contributed by atoms with Crippen molar-refractivity contribution < 1.29 is 21.8 Å². The fourth-order valence-electron chi connectivity index (χ4n) is 3.54. The number of carbonyl (C=O) groups excluding carboxylic acids is 1. The molecule has 0 bridgehead atoms. The van der Waals surface area contributed by atoms with Gasteiger partial charge in [0, 0.05) is 30.6 Å². The predicted octanol–water partition coefficient (Wildman–Crippen LogP) is 1.65. The Morgan fingerprint density at radius 3 is 2.41 bits per heavy atom. The third-order valence-corrected chi connectivity index (χ3v) is 5.49. The monoisotopic (exact) mass is 455 g/mol. The average molecular weight is 455 g/mol. The van der Waals surface area contributed by atoms with E-state index in [0.29, 0.717) is 16.7 Å². The Balaban J connectivity index is 1.95. The largest absolute Gasteiger partial charge is 0.383 e. The average Bonchev–Trinajstić information content (AvgIpc) is 2.98. The Morgan fingerprint density at radius 1 is 1.09 bits per heavy atom. The first kappa shape index (κ1) is 21.4. The highest BCUT2D eigenvalue weighted by Gasteiger charge is 2.50. The van der Waals surface area contributed by atoms with Gasteiger partial charge in [-0.1, -0.05) is 18.2 Å². The highest BCUT2D eigenvalue weighted by molar-refractivity contribution is 7.86. The molecule has 2 N–H and O–H groups in total. The number of carbonyl (C=O) groups is 1. The number of halogens is 1. The van der Waals surface area contributed by atoms with Crippen molar-refractivity contribution in [1.82, 2.24) is 14.9 Å². The zero-order chi connectivity index (χ0) is 23.1. The van der Waals surface area contributed by atoms with Crippen molar-refractivity contribution in [3.63, 3.8) is 0 Å². The van der Waals surface area contributed by atoms with Crippen LogP contribution in [-0.2, 0) is 20.5 Å². The Morgan fingerprint density at radius 2 is 1.78 bits per heavy atom. The van der Waals surface area contributed by atoms with Gasteiger partial charge in [0.15, 0.2) is 11.5 Å². The lowest BCUT2D eigenvalue weighted by atomic mass is 9.81. The SMILES string of the molecule is CN1C(=O)C(c2cccc(OS(C)(=O)=O)c2)(c2ccc(F)c(-c3cncnc3)c2)N=C1N. The van der Waals surface area contributed by atoms with Crippen LogP contribution in [0.25, 0.3) is 11.1 Å². The van der Waals surface area contributed by atoms with Gasteiger partial charge in [0.1, 0.15) is 17.9 Å². The molecule has 9 nitrogen and oxygen atoms in total. The van der Waals surface area contributed by atoms with E-state index in [-0.39, 0.29) is 17.3 Å². The maximum absolute atomic E-state index is 14.7. The first-order valence-corrected chi connectivity index (χ1v) is 11.1. The zero-order valence-corrected chi connectivity index (χ0v) is 17.9. The molecule has 2 aromatic carbocycles. The van der Waals surface area contributed by atoms with E-state index in [4.69, 9.17) is 9.92 Å². The molecular formula is C21H18FN5O4S. The van der Waals surface area contributed by atoms with Crippen molar-refractivity contribution in [3.05, 3.63) is 78.1 Å². The Hall–Kier alpha value is -3.86. The van der Waals surface area contributed by atoms with Gasteiger partial charge in [0.2, 0.25) is 0 Å². The second-order valence-electron chi connectivity index (χ2n) is 7.18. The van der Waals surface area contributed by atoms with Gasteiger partial charge in [0.25, 0.3) is 5.91 Å². The van der Waals surface area contributed by atoms with E-state index in [1.807, 2.05) is 0 Å². The van der Waals surface area contributed by atoms with Crippen LogP contribution in [0.15, 0.2) is 66.2 Å². The maximum Gasteiger partial charge on any atom is 0.306 e. The Kier molecular flexibility index (Phi) is 5.13. The van der Waals surface area contributed by atoms with E-state index >= 15 is 0 Å². The number of amides is 1. The van der Waals surface area contributed by atoms with Gasteiger partial charge in [0.05, 0.1) is 6.26 Å². The minimum Gasteiger partial charge on any atom is -0.383 e. The minimum absolute atomic E-state index is 0.000654. The first-order chi connectivity index (χ1) is 15.1. The lowest BCUT2D eigenvalue weighted by Crippen LogP contribution is -2.41. The van der Waals surface area contributed by atoms with E-state index in [9.17, 15) is 17.6 Å². The van der Waals surface area contributed by atoms with Crippen LogP contribution in [-0.4, -0.2) is 48.5 Å². The van der Waals surface area contributed by atoms with Gasteiger partial charge >= 0.3 is 10.1 Å². The number of hydrogen-bond acceptors (Lipinski definition) is 8. The van der Waals surface area contributed by atoms with E-state index in [0.717, 1.165) is 6.26 Å². The number of benzene rings is 2. The van der Waals surface area contributed by atoms with Gasteiger partial charge in [-0.25, -0.2) is 19.4 Å². The fraction of sp³-hybridized carbons (Fsp3) is 0.143. The van der Waals surface area contributed by atoms with Gasteiger partial charge < -0.3 is 9.92 Å². The number of nitrogens with two attached hydrogens (primary N) is 1. The van der Waals surface area contributed by atoms with Gasteiger partial charge in [-0.2, -0.15) is 8.42 Å². The zero-order valence-electron chi connectivity index (χ0n) is 17.1. The number of hydrogen-bond donors (Lipinski definition) is 1. The summed E-state index contributed by atoms with van der Waals surface area (Å²) in [4.78, 5) is 26.9. The smallest absolute Gasteiger partial charge is 0.306 e. The van der Waals surface area contributed by atoms with Crippen molar-refractivity contribution in [2.45, 2.75) is 5.54 Å². The molecule has 11 heteroatoms. The number of aliphatic imine (C=N–C) groups is 1. The normalized spacial score (nSPS) is 18.5. The minimum atomic E-state index is -3.80. The van der Waals surface area contributed by atoms with Gasteiger partial charge in [-0.15, -0.1) is 0 Å². The quantitative estimate of drug-likeness (QED) is 0.580. The molecule has 1 unspecified atom stereocenters. The van der Waals surface area contributed by atoms with Crippen LogP contribution in [0.2, 0.25) is 0 Å². The summed E-state index contributed by atoms with van der Waals surface area (Å²) in [5.74, 6) is -1.07. The van der Waals surface area contributed by atoms with Crippen LogP contribution in [0.5, 0.6) is 5.75 Å². The highest BCUT2D eigenvalue weighted by atomic mass is 32.2. The maximum atomic E-state index is 14.7. The molecule has 4 rings (SSSR count). The molecule has 32 heavy (non-hydrogen) atoms. The number of guanidine groups is 1. The second kappa shape index (κ2) is 7.68. The lowest BCUT2D eigenvalue weighted by molar-refractivity contribution is -0.129. The van der Waals surface area contributed by atoms with E-state index < -0.39 is 27.4 Å². The Labute approximate surface area is 183 Å². The third kappa shape index (κ3) is 3.66. The molecule has 0 radical (unpaired) electrons. The summed E-state index contributed by atoms with van der Waals surface area (Å²) in [6.45, 7) is 0.